The first-order valence-electron chi connectivity index (χ1n) is 31.2. The minimum absolute atomic E-state index is 0.0640. The number of unbranched alkanes of at least 4 members (excludes halogenated alkanes) is 45. The predicted molar refractivity (Wildman–Crippen MR) is 298 cm³/mol. The number of rotatable bonds is 58. The highest BCUT2D eigenvalue weighted by Crippen LogP contribution is 2.18. The molecule has 0 bridgehead atoms. The zero-order chi connectivity index (χ0) is 50.0. The summed E-state index contributed by atoms with van der Waals surface area (Å²) in [5.74, 6) is -0.839. The van der Waals surface area contributed by atoms with Gasteiger partial charge in [-0.15, -0.1) is 0 Å². The van der Waals surface area contributed by atoms with Crippen molar-refractivity contribution in [1.29, 1.82) is 0 Å². The zero-order valence-corrected chi connectivity index (χ0v) is 46.9. The Bertz CT molecular complexity index is 1070. The molecule has 0 aromatic heterocycles. The molecule has 0 aromatic rings. The molecule has 0 fully saturated rings. The van der Waals surface area contributed by atoms with E-state index in [9.17, 15) is 14.4 Å². The Morgan fingerprint density at radius 2 is 0.478 bits per heavy atom. The third-order valence-corrected chi connectivity index (χ3v) is 14.3. The van der Waals surface area contributed by atoms with Crippen LogP contribution < -0.4 is 0 Å². The smallest absolute Gasteiger partial charge is 0.306 e. The van der Waals surface area contributed by atoms with Crippen LogP contribution in [-0.2, 0) is 28.6 Å². The van der Waals surface area contributed by atoms with Gasteiger partial charge in [-0.25, -0.2) is 0 Å². The number of carbonyl (C=O) groups is 3. The van der Waals surface area contributed by atoms with E-state index in [-0.39, 0.29) is 31.1 Å². The van der Waals surface area contributed by atoms with E-state index in [0.717, 1.165) is 57.8 Å². The quantitative estimate of drug-likeness (QED) is 0.0261. The van der Waals surface area contributed by atoms with Gasteiger partial charge in [-0.1, -0.05) is 303 Å². The van der Waals surface area contributed by atoms with E-state index < -0.39 is 6.10 Å². The third kappa shape index (κ3) is 56.9. The van der Waals surface area contributed by atoms with E-state index in [1.807, 2.05) is 0 Å². The molecule has 0 aliphatic carbocycles. The van der Waals surface area contributed by atoms with Crippen LogP contribution in [-0.4, -0.2) is 37.2 Å². The van der Waals surface area contributed by atoms with Crippen molar-refractivity contribution in [3.05, 3.63) is 12.2 Å². The summed E-state index contributed by atoms with van der Waals surface area (Å²) in [7, 11) is 0. The molecule has 408 valence electrons. The lowest BCUT2D eigenvalue weighted by Crippen LogP contribution is -2.30. The molecule has 0 N–H and O–H groups in total. The Kier molecular flexibility index (Phi) is 57.1. The molecule has 1 unspecified atom stereocenters. The minimum Gasteiger partial charge on any atom is -0.462 e. The highest BCUT2D eigenvalue weighted by molar-refractivity contribution is 5.71. The highest BCUT2D eigenvalue weighted by atomic mass is 16.6. The first-order chi connectivity index (χ1) is 34.0. The van der Waals surface area contributed by atoms with Gasteiger partial charge in [0.1, 0.15) is 13.2 Å². The van der Waals surface area contributed by atoms with Crippen molar-refractivity contribution in [2.75, 3.05) is 13.2 Å². The van der Waals surface area contributed by atoms with E-state index in [1.165, 1.54) is 257 Å². The average molecular weight is 974 g/mol. The van der Waals surface area contributed by atoms with Gasteiger partial charge < -0.3 is 14.2 Å². The summed E-state index contributed by atoms with van der Waals surface area (Å²) in [5, 5.41) is 0. The summed E-state index contributed by atoms with van der Waals surface area (Å²) in [6.07, 6.45) is 67.9. The summed E-state index contributed by atoms with van der Waals surface area (Å²) >= 11 is 0. The number of hydrogen-bond donors (Lipinski definition) is 0. The molecule has 6 heteroatoms. The van der Waals surface area contributed by atoms with E-state index in [0.29, 0.717) is 19.3 Å². The maximum atomic E-state index is 12.9. The maximum absolute atomic E-state index is 12.9. The average Bonchev–Trinajstić information content (AvgIpc) is 3.35. The van der Waals surface area contributed by atoms with E-state index in [1.54, 1.807) is 0 Å². The van der Waals surface area contributed by atoms with Crippen molar-refractivity contribution >= 4 is 17.9 Å². The van der Waals surface area contributed by atoms with Crippen LogP contribution in [0.3, 0.4) is 0 Å². The Balaban J connectivity index is 4.19. The van der Waals surface area contributed by atoms with Gasteiger partial charge in [0, 0.05) is 19.3 Å². The topological polar surface area (TPSA) is 78.9 Å². The van der Waals surface area contributed by atoms with Crippen LogP contribution in [0.25, 0.3) is 0 Å². The lowest BCUT2D eigenvalue weighted by molar-refractivity contribution is -0.167. The van der Waals surface area contributed by atoms with Crippen LogP contribution in [0.4, 0.5) is 0 Å². The van der Waals surface area contributed by atoms with Crippen LogP contribution >= 0.6 is 0 Å². The van der Waals surface area contributed by atoms with Gasteiger partial charge >= 0.3 is 17.9 Å². The van der Waals surface area contributed by atoms with Gasteiger partial charge in [0.15, 0.2) is 6.10 Å². The van der Waals surface area contributed by atoms with Crippen LogP contribution in [0.15, 0.2) is 12.2 Å². The van der Waals surface area contributed by atoms with Gasteiger partial charge in [0.25, 0.3) is 0 Å². The fraction of sp³-hybridized carbons (Fsp3) is 0.921. The van der Waals surface area contributed by atoms with E-state index in [2.05, 4.69) is 32.9 Å². The van der Waals surface area contributed by atoms with Crippen LogP contribution in [0.1, 0.15) is 355 Å². The van der Waals surface area contributed by atoms with Gasteiger partial charge in [-0.05, 0) is 44.9 Å². The van der Waals surface area contributed by atoms with Gasteiger partial charge in [0.2, 0.25) is 0 Å². The molecule has 1 atom stereocenters. The standard InChI is InChI=1S/C63H120O6/c1-4-7-10-13-16-19-22-24-26-28-30-31-32-33-34-36-37-39-41-44-47-50-53-56-62(65)68-59-60(58-67-61(64)55-52-49-46-43-21-18-15-12-9-6-3)69-63(66)57-54-51-48-45-42-40-38-35-29-27-25-23-20-17-14-11-8-5-2/h28,30,60H,4-27,29,31-59H2,1-3H3/b30-28-. The summed E-state index contributed by atoms with van der Waals surface area (Å²) in [6, 6.07) is 0. The zero-order valence-electron chi connectivity index (χ0n) is 46.9. The van der Waals surface area contributed by atoms with Crippen LogP contribution in [0.5, 0.6) is 0 Å². The Morgan fingerprint density at radius 3 is 0.725 bits per heavy atom. The van der Waals surface area contributed by atoms with Crippen molar-refractivity contribution in [3.8, 4) is 0 Å². The Hall–Kier alpha value is -1.85. The summed E-state index contributed by atoms with van der Waals surface area (Å²) < 4.78 is 16.9. The monoisotopic (exact) mass is 973 g/mol. The molecule has 0 aliphatic heterocycles. The molecule has 0 rings (SSSR count). The maximum Gasteiger partial charge on any atom is 0.306 e. The number of carbonyl (C=O) groups excluding carboxylic acids is 3. The predicted octanol–water partition coefficient (Wildman–Crippen LogP) is 20.9. The largest absolute Gasteiger partial charge is 0.462 e. The molecule has 0 radical (unpaired) electrons. The van der Waals surface area contributed by atoms with Crippen LogP contribution in [0.2, 0.25) is 0 Å². The molecule has 0 saturated carbocycles. The third-order valence-electron chi connectivity index (χ3n) is 14.3. The first-order valence-corrected chi connectivity index (χ1v) is 31.2. The molecule has 0 aliphatic rings. The molecular weight excluding hydrogens is 853 g/mol. The summed E-state index contributed by atoms with van der Waals surface area (Å²) in [5.41, 5.74) is 0. The Morgan fingerprint density at radius 1 is 0.275 bits per heavy atom. The molecular formula is C63H120O6. The minimum atomic E-state index is -0.764. The second kappa shape index (κ2) is 58.7. The second-order valence-electron chi connectivity index (χ2n) is 21.3. The number of ether oxygens (including phenoxy) is 3. The number of hydrogen-bond acceptors (Lipinski definition) is 6. The van der Waals surface area contributed by atoms with Crippen molar-refractivity contribution < 1.29 is 28.6 Å². The molecule has 0 saturated heterocycles. The van der Waals surface area contributed by atoms with Crippen molar-refractivity contribution in [2.24, 2.45) is 0 Å². The van der Waals surface area contributed by atoms with Gasteiger partial charge in [-0.3, -0.25) is 14.4 Å². The van der Waals surface area contributed by atoms with Crippen molar-refractivity contribution in [3.63, 3.8) is 0 Å². The SMILES string of the molecule is CCCCCCCCCC/C=C\CCCCCCCCCCCCCC(=O)OCC(COC(=O)CCCCCCCCCCCC)OC(=O)CCCCCCCCCCCCCCCCCCCC. The number of allylic oxidation sites excluding steroid dienone is 2. The number of esters is 3. The fourth-order valence-corrected chi connectivity index (χ4v) is 9.56. The van der Waals surface area contributed by atoms with Crippen LogP contribution in [0, 0.1) is 0 Å². The lowest BCUT2D eigenvalue weighted by atomic mass is 10.0. The molecule has 0 heterocycles. The molecule has 0 aromatic carbocycles. The first kappa shape index (κ1) is 67.1. The lowest BCUT2D eigenvalue weighted by Gasteiger charge is -2.18. The summed E-state index contributed by atoms with van der Waals surface area (Å²) in [4.78, 5) is 38.2. The second-order valence-corrected chi connectivity index (χ2v) is 21.3. The highest BCUT2D eigenvalue weighted by Gasteiger charge is 2.19. The molecule has 6 nitrogen and oxygen atoms in total. The molecule has 69 heavy (non-hydrogen) atoms. The summed E-state index contributed by atoms with van der Waals surface area (Å²) in [6.45, 7) is 6.69. The van der Waals surface area contributed by atoms with E-state index in [4.69, 9.17) is 14.2 Å². The van der Waals surface area contributed by atoms with Gasteiger partial charge in [0.05, 0.1) is 0 Å². The van der Waals surface area contributed by atoms with Crippen molar-refractivity contribution in [1.82, 2.24) is 0 Å². The fourth-order valence-electron chi connectivity index (χ4n) is 9.56. The Labute approximate surface area is 431 Å². The molecule has 0 amide bonds. The van der Waals surface area contributed by atoms with Crippen molar-refractivity contribution in [2.45, 2.75) is 361 Å². The normalized spacial score (nSPS) is 12.0. The van der Waals surface area contributed by atoms with Gasteiger partial charge in [-0.2, -0.15) is 0 Å². The molecule has 0 spiro atoms. The van der Waals surface area contributed by atoms with E-state index >= 15 is 0 Å².